The fraction of sp³-hybridized carbons (Fsp3) is 0.231. The van der Waals surface area contributed by atoms with E-state index in [1.807, 2.05) is 37.3 Å². The first kappa shape index (κ1) is 23.6. The van der Waals surface area contributed by atoms with Crippen LogP contribution in [0.4, 0.5) is 5.82 Å². The standard InChI is InChI=1S/C26H26N6O3/c1-4-9-22(33)30-15-14-20(16-30)32-25-23(24(27)28-17-29-25)31(26(32)34)19(5-2)13-12-18(3)35-21-10-7-6-8-11-21/h5-8,10-13,17,20H,2,14-16H2,1,3H3,(H2,27,28,29)/b18-12+,19-13+/t20-/m1/s1. The molecular formula is C26H26N6O3. The van der Waals surface area contributed by atoms with E-state index in [1.54, 1.807) is 34.6 Å². The fourth-order valence-corrected chi connectivity index (χ4v) is 4.10. The van der Waals surface area contributed by atoms with Crippen LogP contribution < -0.4 is 16.2 Å². The number of benzene rings is 1. The van der Waals surface area contributed by atoms with E-state index >= 15 is 0 Å². The number of hydrogen-bond acceptors (Lipinski definition) is 6. The summed E-state index contributed by atoms with van der Waals surface area (Å²) in [5, 5.41) is 0. The van der Waals surface area contributed by atoms with Gasteiger partial charge in [0, 0.05) is 13.1 Å². The van der Waals surface area contributed by atoms with Gasteiger partial charge in [0.15, 0.2) is 11.5 Å². The molecule has 0 bridgehead atoms. The molecule has 1 amide bonds. The zero-order valence-corrected chi connectivity index (χ0v) is 19.6. The van der Waals surface area contributed by atoms with Gasteiger partial charge in [0.05, 0.1) is 11.7 Å². The molecule has 2 N–H and O–H groups in total. The first-order chi connectivity index (χ1) is 16.9. The molecule has 1 atom stereocenters. The topological polar surface area (TPSA) is 108 Å². The van der Waals surface area contributed by atoms with Crippen molar-refractivity contribution in [2.75, 3.05) is 18.8 Å². The normalized spacial score (nSPS) is 16.2. The molecular weight excluding hydrogens is 444 g/mol. The number of allylic oxidation sites excluding steroid dienone is 5. The second-order valence-corrected chi connectivity index (χ2v) is 7.98. The Kier molecular flexibility index (Phi) is 6.83. The van der Waals surface area contributed by atoms with Crippen molar-refractivity contribution in [2.45, 2.75) is 26.3 Å². The van der Waals surface area contributed by atoms with Gasteiger partial charge in [0.1, 0.15) is 23.4 Å². The summed E-state index contributed by atoms with van der Waals surface area (Å²) < 4.78 is 8.84. The second-order valence-electron chi connectivity index (χ2n) is 7.98. The third-order valence-electron chi connectivity index (χ3n) is 5.71. The molecule has 1 saturated heterocycles. The maximum absolute atomic E-state index is 13.7. The van der Waals surface area contributed by atoms with E-state index in [9.17, 15) is 9.59 Å². The van der Waals surface area contributed by atoms with Crippen LogP contribution in [0.25, 0.3) is 16.9 Å². The molecule has 1 aliphatic rings. The molecule has 1 aromatic carbocycles. The highest BCUT2D eigenvalue weighted by atomic mass is 16.5. The van der Waals surface area contributed by atoms with Crippen molar-refractivity contribution in [1.29, 1.82) is 0 Å². The number of anilines is 1. The SMILES string of the molecule is C=C/C(=C\C=C(/C)Oc1ccccc1)n1c(=O)n([C@@H]2CCN(C(=O)C#CC)C2)c2ncnc(N)c21. The minimum absolute atomic E-state index is 0.169. The van der Waals surface area contributed by atoms with E-state index in [0.717, 1.165) is 0 Å². The minimum atomic E-state index is -0.339. The van der Waals surface area contributed by atoms with Crippen LogP contribution in [0.2, 0.25) is 0 Å². The van der Waals surface area contributed by atoms with Gasteiger partial charge in [-0.3, -0.25) is 13.9 Å². The number of rotatable bonds is 6. The number of nitrogens with zero attached hydrogens (tertiary/aromatic N) is 5. The third kappa shape index (κ3) is 4.73. The summed E-state index contributed by atoms with van der Waals surface area (Å²) >= 11 is 0. The van der Waals surface area contributed by atoms with E-state index in [1.165, 1.54) is 10.9 Å². The molecule has 2 aromatic heterocycles. The van der Waals surface area contributed by atoms with Crippen molar-refractivity contribution in [3.05, 3.63) is 77.7 Å². The molecule has 0 unspecified atom stereocenters. The Labute approximate surface area is 202 Å². The number of likely N-dealkylation sites (tertiary alicyclic amines) is 1. The summed E-state index contributed by atoms with van der Waals surface area (Å²) in [5.41, 5.74) is 7.13. The van der Waals surface area contributed by atoms with Crippen LogP contribution in [0.1, 0.15) is 26.3 Å². The average molecular weight is 471 g/mol. The Hall–Kier alpha value is -4.58. The molecule has 35 heavy (non-hydrogen) atoms. The largest absolute Gasteiger partial charge is 0.462 e. The number of hydrogen-bond donors (Lipinski definition) is 1. The molecule has 1 fully saturated rings. The summed E-state index contributed by atoms with van der Waals surface area (Å²) in [6.07, 6.45) is 6.96. The number of fused-ring (bicyclic) bond motifs is 1. The molecule has 0 spiro atoms. The van der Waals surface area contributed by atoms with Gasteiger partial charge >= 0.3 is 5.69 Å². The lowest BCUT2D eigenvalue weighted by Gasteiger charge is -2.14. The first-order valence-corrected chi connectivity index (χ1v) is 11.1. The Balaban J connectivity index is 1.75. The first-order valence-electron chi connectivity index (χ1n) is 11.1. The van der Waals surface area contributed by atoms with Crippen molar-refractivity contribution in [2.24, 2.45) is 0 Å². The molecule has 3 heterocycles. The molecule has 9 heteroatoms. The predicted molar refractivity (Wildman–Crippen MR) is 135 cm³/mol. The van der Waals surface area contributed by atoms with E-state index < -0.39 is 0 Å². The highest BCUT2D eigenvalue weighted by molar-refractivity contribution is 5.93. The number of carbonyl (C=O) groups is 1. The van der Waals surface area contributed by atoms with Gasteiger partial charge in [0.25, 0.3) is 5.91 Å². The second kappa shape index (κ2) is 10.1. The third-order valence-corrected chi connectivity index (χ3v) is 5.71. The predicted octanol–water partition coefficient (Wildman–Crippen LogP) is 2.98. The summed E-state index contributed by atoms with van der Waals surface area (Å²) in [5.74, 6) is 6.42. The lowest BCUT2D eigenvalue weighted by molar-refractivity contribution is -0.124. The number of para-hydroxylation sites is 1. The summed E-state index contributed by atoms with van der Waals surface area (Å²) in [4.78, 5) is 36.0. The quantitative estimate of drug-likeness (QED) is 0.337. The number of aromatic nitrogens is 4. The van der Waals surface area contributed by atoms with Crippen LogP contribution in [0, 0.1) is 11.8 Å². The van der Waals surface area contributed by atoms with Crippen LogP contribution in [-0.4, -0.2) is 43.0 Å². The number of nitrogens with two attached hydrogens (primary N) is 1. The Morgan fingerprint density at radius 3 is 2.74 bits per heavy atom. The van der Waals surface area contributed by atoms with Crippen LogP contribution in [0.5, 0.6) is 5.75 Å². The van der Waals surface area contributed by atoms with Gasteiger partial charge in [-0.15, -0.1) is 0 Å². The molecule has 0 saturated carbocycles. The number of imidazole rings is 1. The van der Waals surface area contributed by atoms with Gasteiger partial charge in [-0.1, -0.05) is 30.7 Å². The van der Waals surface area contributed by atoms with Crippen molar-refractivity contribution >= 4 is 28.6 Å². The Morgan fingerprint density at radius 2 is 2.03 bits per heavy atom. The molecule has 4 rings (SSSR count). The van der Waals surface area contributed by atoms with Gasteiger partial charge in [-0.05, 0) is 56.5 Å². The summed E-state index contributed by atoms with van der Waals surface area (Å²) in [6, 6.07) is 9.12. The smallest absolute Gasteiger partial charge is 0.335 e. The molecule has 0 aliphatic carbocycles. The maximum Gasteiger partial charge on any atom is 0.335 e. The number of nitrogen functional groups attached to an aromatic ring is 1. The lowest BCUT2D eigenvalue weighted by Crippen LogP contribution is -2.31. The number of amides is 1. The fourth-order valence-electron chi connectivity index (χ4n) is 4.10. The van der Waals surface area contributed by atoms with E-state index in [0.29, 0.717) is 47.9 Å². The molecule has 1 aliphatic heterocycles. The highest BCUT2D eigenvalue weighted by Gasteiger charge is 2.31. The van der Waals surface area contributed by atoms with Crippen LogP contribution in [-0.2, 0) is 4.79 Å². The summed E-state index contributed by atoms with van der Waals surface area (Å²) in [6.45, 7) is 8.17. The van der Waals surface area contributed by atoms with Crippen molar-refractivity contribution in [1.82, 2.24) is 24.0 Å². The van der Waals surface area contributed by atoms with Gasteiger partial charge in [-0.25, -0.2) is 14.8 Å². The van der Waals surface area contributed by atoms with E-state index in [4.69, 9.17) is 10.5 Å². The monoisotopic (exact) mass is 470 g/mol. The Bertz CT molecular complexity index is 1450. The minimum Gasteiger partial charge on any atom is -0.462 e. The lowest BCUT2D eigenvalue weighted by atomic mass is 10.2. The van der Waals surface area contributed by atoms with Crippen LogP contribution >= 0.6 is 0 Å². The summed E-state index contributed by atoms with van der Waals surface area (Å²) in [7, 11) is 0. The molecule has 178 valence electrons. The molecule has 9 nitrogen and oxygen atoms in total. The van der Waals surface area contributed by atoms with Crippen molar-refractivity contribution < 1.29 is 9.53 Å². The van der Waals surface area contributed by atoms with Gasteiger partial charge < -0.3 is 15.4 Å². The molecule has 3 aromatic rings. The van der Waals surface area contributed by atoms with Gasteiger partial charge in [0.2, 0.25) is 0 Å². The zero-order valence-electron chi connectivity index (χ0n) is 19.6. The number of carbonyl (C=O) groups excluding carboxylic acids is 1. The molecule has 0 radical (unpaired) electrons. The number of ether oxygens (including phenoxy) is 1. The van der Waals surface area contributed by atoms with Crippen LogP contribution in [0.15, 0.2) is 72.0 Å². The van der Waals surface area contributed by atoms with E-state index in [-0.39, 0.29) is 23.5 Å². The Morgan fingerprint density at radius 1 is 1.26 bits per heavy atom. The van der Waals surface area contributed by atoms with Gasteiger partial charge in [-0.2, -0.15) is 0 Å². The average Bonchev–Trinajstić information content (AvgIpc) is 3.44. The van der Waals surface area contributed by atoms with E-state index in [2.05, 4.69) is 28.4 Å². The zero-order chi connectivity index (χ0) is 24.9. The van der Waals surface area contributed by atoms with Crippen LogP contribution in [0.3, 0.4) is 0 Å². The highest BCUT2D eigenvalue weighted by Crippen LogP contribution is 2.27. The maximum atomic E-state index is 13.7. The van der Waals surface area contributed by atoms with Crippen molar-refractivity contribution in [3.8, 4) is 17.6 Å². The van der Waals surface area contributed by atoms with Crippen molar-refractivity contribution in [3.63, 3.8) is 0 Å².